The van der Waals surface area contributed by atoms with Gasteiger partial charge in [-0.15, -0.1) is 0 Å². The number of carbonyl (C=O) groups excluding carboxylic acids is 1. The molecule has 6 N–H and O–H groups in total. The van der Waals surface area contributed by atoms with Crippen molar-refractivity contribution in [3.63, 3.8) is 0 Å². The second kappa shape index (κ2) is 5.92. The van der Waals surface area contributed by atoms with Gasteiger partial charge >= 0.3 is 6.18 Å². The van der Waals surface area contributed by atoms with Crippen LogP contribution in [0.25, 0.3) is 11.3 Å². The van der Waals surface area contributed by atoms with Crippen molar-refractivity contribution in [3.8, 4) is 11.3 Å². The lowest BCUT2D eigenvalue weighted by Gasteiger charge is -2.17. The van der Waals surface area contributed by atoms with E-state index in [1.165, 1.54) is 0 Å². The number of rotatable bonds is 4. The van der Waals surface area contributed by atoms with Crippen molar-refractivity contribution in [2.45, 2.75) is 25.7 Å². The third kappa shape index (κ3) is 3.14. The highest BCUT2D eigenvalue weighted by atomic mass is 19.4. The number of alkyl halides is 3. The Balaban J connectivity index is 2.61. The highest BCUT2D eigenvalue weighted by Crippen LogP contribution is 2.35. The lowest BCUT2D eigenvalue weighted by atomic mass is 10.1. The van der Waals surface area contributed by atoms with Gasteiger partial charge in [0.25, 0.3) is 5.91 Å². The summed E-state index contributed by atoms with van der Waals surface area (Å²) in [6, 6.07) is 4.57. The highest BCUT2D eigenvalue weighted by Gasteiger charge is 2.40. The van der Waals surface area contributed by atoms with E-state index in [9.17, 15) is 18.0 Å². The molecule has 1 heterocycles. The minimum absolute atomic E-state index is 0.00896. The maximum atomic E-state index is 12.9. The van der Waals surface area contributed by atoms with Gasteiger partial charge in [-0.3, -0.25) is 4.79 Å². The second-order valence-electron chi connectivity index (χ2n) is 5.04. The van der Waals surface area contributed by atoms with Crippen LogP contribution in [-0.4, -0.2) is 21.9 Å². The molecule has 23 heavy (non-hydrogen) atoms. The molecule has 0 aliphatic rings. The molecule has 9 heteroatoms. The quantitative estimate of drug-likeness (QED) is 0.794. The molecule has 0 saturated carbocycles. The first-order valence-corrected chi connectivity index (χ1v) is 6.70. The molecule has 2 rings (SSSR count). The molecular formula is C14H16F3N5O. The molecule has 124 valence electrons. The molecule has 0 fully saturated rings. The lowest BCUT2D eigenvalue weighted by molar-refractivity contribution is -0.164. The van der Waals surface area contributed by atoms with Crippen LogP contribution in [0, 0.1) is 0 Å². The average Bonchev–Trinajstić information content (AvgIpc) is 2.83. The number of carbonyl (C=O) groups is 1. The Kier molecular flexibility index (Phi) is 4.33. The number of anilines is 1. The van der Waals surface area contributed by atoms with E-state index in [2.05, 4.69) is 5.10 Å². The Hall–Kier alpha value is -2.55. The van der Waals surface area contributed by atoms with Crippen molar-refractivity contribution in [1.82, 2.24) is 9.78 Å². The van der Waals surface area contributed by atoms with Gasteiger partial charge in [-0.1, -0.05) is 24.3 Å². The fraction of sp³-hybridized carbons (Fsp3) is 0.286. The van der Waals surface area contributed by atoms with Gasteiger partial charge in [0.05, 0.1) is 0 Å². The number of amides is 1. The Morgan fingerprint density at radius 2 is 1.87 bits per heavy atom. The van der Waals surface area contributed by atoms with Crippen LogP contribution in [0.3, 0.4) is 0 Å². The summed E-state index contributed by atoms with van der Waals surface area (Å²) in [5.74, 6) is -1.36. The fourth-order valence-electron chi connectivity index (χ4n) is 2.13. The van der Waals surface area contributed by atoms with Crippen LogP contribution in [0.5, 0.6) is 0 Å². The summed E-state index contributed by atoms with van der Waals surface area (Å²) in [6.07, 6.45) is -4.56. The summed E-state index contributed by atoms with van der Waals surface area (Å²) >= 11 is 0. The highest BCUT2D eigenvalue weighted by molar-refractivity contribution is 6.03. The van der Waals surface area contributed by atoms with E-state index in [0.29, 0.717) is 16.8 Å². The molecule has 0 spiro atoms. The van der Waals surface area contributed by atoms with Gasteiger partial charge in [0.2, 0.25) is 0 Å². The molecular weight excluding hydrogens is 311 g/mol. The van der Waals surface area contributed by atoms with E-state index in [-0.39, 0.29) is 11.3 Å². The Labute approximate surface area is 130 Å². The monoisotopic (exact) mass is 327 g/mol. The molecule has 1 atom stereocenters. The van der Waals surface area contributed by atoms with Crippen LogP contribution in [0.2, 0.25) is 0 Å². The summed E-state index contributed by atoms with van der Waals surface area (Å²) in [5, 5.41) is 3.86. The van der Waals surface area contributed by atoms with Crippen LogP contribution in [-0.2, 0) is 6.54 Å². The number of nitrogens with zero attached hydrogens (tertiary/aromatic N) is 2. The molecule has 0 saturated heterocycles. The number of hydrogen-bond donors (Lipinski definition) is 3. The Morgan fingerprint density at radius 1 is 1.30 bits per heavy atom. The summed E-state index contributed by atoms with van der Waals surface area (Å²) in [7, 11) is 0. The van der Waals surface area contributed by atoms with E-state index in [0.717, 1.165) is 12.5 Å². The summed E-state index contributed by atoms with van der Waals surface area (Å²) < 4.78 is 39.3. The third-order valence-corrected chi connectivity index (χ3v) is 3.50. The van der Waals surface area contributed by atoms with Crippen molar-refractivity contribution in [2.24, 2.45) is 11.5 Å². The van der Waals surface area contributed by atoms with Crippen molar-refractivity contribution in [2.75, 3.05) is 5.73 Å². The van der Waals surface area contributed by atoms with Crippen LogP contribution < -0.4 is 17.2 Å². The second-order valence-corrected chi connectivity index (χ2v) is 5.04. The molecule has 1 aromatic heterocycles. The van der Waals surface area contributed by atoms with Crippen LogP contribution in [0.1, 0.15) is 28.9 Å². The SMILES string of the molecule is CC(n1nc(-c2ccc(CN)cc2)c(C(N)=O)c1N)C(F)(F)F. The number of aromatic nitrogens is 2. The fourth-order valence-corrected chi connectivity index (χ4v) is 2.13. The maximum Gasteiger partial charge on any atom is 0.410 e. The number of hydrogen-bond acceptors (Lipinski definition) is 4. The van der Waals surface area contributed by atoms with Crippen LogP contribution in [0.4, 0.5) is 19.0 Å². The molecule has 1 unspecified atom stereocenters. The zero-order valence-electron chi connectivity index (χ0n) is 12.3. The first-order chi connectivity index (χ1) is 10.7. The predicted octanol–water partition coefficient (Wildman–Crippen LogP) is 1.81. The van der Waals surface area contributed by atoms with Crippen molar-refractivity contribution in [3.05, 3.63) is 35.4 Å². The van der Waals surface area contributed by atoms with E-state index >= 15 is 0 Å². The topological polar surface area (TPSA) is 113 Å². The van der Waals surface area contributed by atoms with E-state index in [1.807, 2.05) is 0 Å². The van der Waals surface area contributed by atoms with Crippen molar-refractivity contribution in [1.29, 1.82) is 0 Å². The smallest absolute Gasteiger partial charge is 0.383 e. The minimum atomic E-state index is -4.56. The molecule has 1 aromatic carbocycles. The van der Waals surface area contributed by atoms with Crippen molar-refractivity contribution < 1.29 is 18.0 Å². The largest absolute Gasteiger partial charge is 0.410 e. The molecule has 0 aliphatic carbocycles. The summed E-state index contributed by atoms with van der Waals surface area (Å²) in [4.78, 5) is 11.6. The zero-order chi connectivity index (χ0) is 17.4. The van der Waals surface area contributed by atoms with Crippen LogP contribution in [0.15, 0.2) is 24.3 Å². The summed E-state index contributed by atoms with van der Waals surface area (Å²) in [5.41, 5.74) is 17.5. The van der Waals surface area contributed by atoms with E-state index in [1.54, 1.807) is 24.3 Å². The summed E-state index contributed by atoms with van der Waals surface area (Å²) in [6.45, 7) is 1.21. The van der Waals surface area contributed by atoms with E-state index < -0.39 is 23.9 Å². The zero-order valence-corrected chi connectivity index (χ0v) is 12.3. The van der Waals surface area contributed by atoms with Gasteiger partial charge < -0.3 is 17.2 Å². The number of benzene rings is 1. The molecule has 0 radical (unpaired) electrons. The van der Waals surface area contributed by atoms with Gasteiger partial charge in [0, 0.05) is 12.1 Å². The average molecular weight is 327 g/mol. The lowest BCUT2D eigenvalue weighted by Crippen LogP contribution is -2.26. The third-order valence-electron chi connectivity index (χ3n) is 3.50. The van der Waals surface area contributed by atoms with Gasteiger partial charge in [-0.25, -0.2) is 4.68 Å². The van der Waals surface area contributed by atoms with Gasteiger partial charge in [0.15, 0.2) is 0 Å². The number of halogens is 3. The molecule has 2 aromatic rings. The first kappa shape index (κ1) is 16.8. The van der Waals surface area contributed by atoms with Gasteiger partial charge in [0.1, 0.15) is 23.1 Å². The molecule has 1 amide bonds. The van der Waals surface area contributed by atoms with Crippen molar-refractivity contribution >= 4 is 11.7 Å². The Bertz CT molecular complexity index is 721. The van der Waals surface area contributed by atoms with Gasteiger partial charge in [-0.05, 0) is 12.5 Å². The standard InChI is InChI=1S/C14H16F3N5O/c1-7(14(15,16)17)22-12(19)10(13(20)23)11(21-22)9-4-2-8(6-18)3-5-9/h2-5,7H,6,18-19H2,1H3,(H2,20,23). The minimum Gasteiger partial charge on any atom is -0.383 e. The maximum absolute atomic E-state index is 12.9. The van der Waals surface area contributed by atoms with Crippen LogP contribution >= 0.6 is 0 Å². The van der Waals surface area contributed by atoms with Gasteiger partial charge in [-0.2, -0.15) is 18.3 Å². The molecule has 0 aliphatic heterocycles. The first-order valence-electron chi connectivity index (χ1n) is 6.70. The molecule has 6 nitrogen and oxygen atoms in total. The van der Waals surface area contributed by atoms with E-state index in [4.69, 9.17) is 17.2 Å². The molecule has 0 bridgehead atoms. The number of nitrogen functional groups attached to an aromatic ring is 1. The number of primary amides is 1. The number of nitrogens with two attached hydrogens (primary N) is 3. The Morgan fingerprint density at radius 3 is 2.30 bits per heavy atom. The normalized spacial score (nSPS) is 13.1. The predicted molar refractivity (Wildman–Crippen MR) is 79.3 cm³/mol.